The Balaban J connectivity index is 0.00000161. The zero-order valence-corrected chi connectivity index (χ0v) is 12.1. The lowest BCUT2D eigenvalue weighted by Gasteiger charge is -2.08. The highest BCUT2D eigenvalue weighted by Gasteiger charge is 2.07. The van der Waals surface area contributed by atoms with Crippen LogP contribution in [0, 0.1) is 0 Å². The van der Waals surface area contributed by atoms with Crippen LogP contribution in [-0.4, -0.2) is 25.7 Å². The summed E-state index contributed by atoms with van der Waals surface area (Å²) in [6, 6.07) is 8.07. The van der Waals surface area contributed by atoms with Gasteiger partial charge in [-0.15, -0.1) is 12.4 Å². The number of hydrogen-bond donors (Lipinski definition) is 2. The summed E-state index contributed by atoms with van der Waals surface area (Å²) in [7, 11) is 0. The van der Waals surface area contributed by atoms with E-state index in [1.807, 2.05) is 0 Å². The van der Waals surface area contributed by atoms with Gasteiger partial charge in [0.1, 0.15) is 0 Å². The van der Waals surface area contributed by atoms with Crippen LogP contribution in [0.25, 0.3) is 5.65 Å². The van der Waals surface area contributed by atoms with Crippen molar-refractivity contribution in [3.63, 3.8) is 0 Å². The minimum Gasteiger partial charge on any atom is -0.478 e. The first-order chi connectivity index (χ1) is 9.63. The van der Waals surface area contributed by atoms with Crippen molar-refractivity contribution < 1.29 is 9.90 Å². The highest BCUT2D eigenvalue weighted by atomic mass is 35.5. The number of carbonyl (C=O) groups is 1. The minimum atomic E-state index is -0.959. The normalized spacial score (nSPS) is 10.1. The average molecular weight is 325 g/mol. The van der Waals surface area contributed by atoms with Crippen molar-refractivity contribution in [2.75, 3.05) is 5.32 Å². The van der Waals surface area contributed by atoms with E-state index >= 15 is 0 Å². The van der Waals surface area contributed by atoms with E-state index in [0.29, 0.717) is 16.5 Å². The van der Waals surface area contributed by atoms with Crippen LogP contribution in [-0.2, 0) is 0 Å². The molecule has 8 heteroatoms. The second-order valence-electron chi connectivity index (χ2n) is 4.08. The van der Waals surface area contributed by atoms with Gasteiger partial charge in [-0.25, -0.2) is 14.3 Å². The lowest BCUT2D eigenvalue weighted by Crippen LogP contribution is -1.99. The van der Waals surface area contributed by atoms with Crippen LogP contribution < -0.4 is 5.32 Å². The van der Waals surface area contributed by atoms with E-state index in [0.717, 1.165) is 5.69 Å². The van der Waals surface area contributed by atoms with Gasteiger partial charge in [0.05, 0.1) is 11.3 Å². The largest absolute Gasteiger partial charge is 0.478 e. The Morgan fingerprint density at radius 3 is 2.67 bits per heavy atom. The monoisotopic (exact) mass is 324 g/mol. The van der Waals surface area contributed by atoms with Crippen molar-refractivity contribution in [1.82, 2.24) is 14.6 Å². The number of halogens is 2. The van der Waals surface area contributed by atoms with E-state index in [1.54, 1.807) is 35.1 Å². The topological polar surface area (TPSA) is 79.5 Å². The predicted octanol–water partition coefficient (Wildman–Crippen LogP) is 3.25. The maximum atomic E-state index is 10.8. The summed E-state index contributed by atoms with van der Waals surface area (Å²) in [4.78, 5) is 15.0. The van der Waals surface area contributed by atoms with Gasteiger partial charge >= 0.3 is 5.97 Å². The molecular weight excluding hydrogens is 315 g/mol. The quantitative estimate of drug-likeness (QED) is 0.773. The van der Waals surface area contributed by atoms with Gasteiger partial charge in [0.25, 0.3) is 0 Å². The summed E-state index contributed by atoms with van der Waals surface area (Å²) in [6.45, 7) is 0. The Morgan fingerprint density at radius 2 is 2.00 bits per heavy atom. The van der Waals surface area contributed by atoms with Gasteiger partial charge in [-0.1, -0.05) is 11.6 Å². The molecule has 0 saturated heterocycles. The lowest BCUT2D eigenvalue weighted by atomic mass is 10.2. The third kappa shape index (κ3) is 3.07. The number of fused-ring (bicyclic) bond motifs is 1. The third-order valence-corrected chi connectivity index (χ3v) is 2.92. The molecular formula is C13H10Cl2N4O2. The maximum Gasteiger partial charge on any atom is 0.335 e. The van der Waals surface area contributed by atoms with Gasteiger partial charge in [0.2, 0.25) is 0 Å². The summed E-state index contributed by atoms with van der Waals surface area (Å²) in [5, 5.41) is 16.4. The highest BCUT2D eigenvalue weighted by molar-refractivity contribution is 6.29. The molecule has 21 heavy (non-hydrogen) atoms. The van der Waals surface area contributed by atoms with Crippen LogP contribution in [0.4, 0.5) is 11.4 Å². The fraction of sp³-hybridized carbons (Fsp3) is 0. The number of anilines is 2. The van der Waals surface area contributed by atoms with E-state index in [9.17, 15) is 4.79 Å². The third-order valence-electron chi connectivity index (χ3n) is 2.74. The van der Waals surface area contributed by atoms with E-state index in [4.69, 9.17) is 16.7 Å². The molecule has 0 saturated carbocycles. The van der Waals surface area contributed by atoms with Crippen molar-refractivity contribution >= 4 is 47.0 Å². The highest BCUT2D eigenvalue weighted by Crippen LogP contribution is 2.23. The van der Waals surface area contributed by atoms with Crippen LogP contribution in [0.15, 0.2) is 42.7 Å². The van der Waals surface area contributed by atoms with Gasteiger partial charge in [-0.2, -0.15) is 5.10 Å². The minimum absolute atomic E-state index is 0. The zero-order valence-electron chi connectivity index (χ0n) is 10.5. The SMILES string of the molecule is Cl.O=C(O)c1ccc(Nc2cc(Cl)nn3ccnc23)cc1. The fourth-order valence-electron chi connectivity index (χ4n) is 1.83. The smallest absolute Gasteiger partial charge is 0.335 e. The molecule has 0 aliphatic carbocycles. The van der Waals surface area contributed by atoms with Crippen molar-refractivity contribution in [3.05, 3.63) is 53.4 Å². The molecule has 2 aromatic heterocycles. The number of aromatic nitrogens is 3. The van der Waals surface area contributed by atoms with E-state index < -0.39 is 5.97 Å². The molecule has 0 amide bonds. The molecule has 2 N–H and O–H groups in total. The Hall–Kier alpha value is -2.31. The Morgan fingerprint density at radius 1 is 1.29 bits per heavy atom. The van der Waals surface area contributed by atoms with Crippen molar-refractivity contribution in [2.45, 2.75) is 0 Å². The molecule has 6 nitrogen and oxygen atoms in total. The molecule has 3 rings (SSSR count). The van der Waals surface area contributed by atoms with Gasteiger partial charge in [0.15, 0.2) is 10.8 Å². The Labute approximate surface area is 130 Å². The first-order valence-electron chi connectivity index (χ1n) is 5.74. The first kappa shape index (κ1) is 15.1. The first-order valence-corrected chi connectivity index (χ1v) is 6.11. The van der Waals surface area contributed by atoms with Crippen LogP contribution in [0.2, 0.25) is 5.15 Å². The molecule has 1 aromatic carbocycles. The molecule has 108 valence electrons. The van der Waals surface area contributed by atoms with Gasteiger partial charge < -0.3 is 10.4 Å². The van der Waals surface area contributed by atoms with Crippen LogP contribution in [0.3, 0.4) is 0 Å². The van der Waals surface area contributed by atoms with E-state index in [-0.39, 0.29) is 18.0 Å². The van der Waals surface area contributed by atoms with Crippen LogP contribution >= 0.6 is 24.0 Å². The molecule has 0 aliphatic rings. The molecule has 0 radical (unpaired) electrons. The number of carboxylic acid groups (broad SMARTS) is 1. The summed E-state index contributed by atoms with van der Waals surface area (Å²) in [5.41, 5.74) is 2.30. The number of nitrogens with one attached hydrogen (secondary N) is 1. The number of nitrogens with zero attached hydrogens (tertiary/aromatic N) is 3. The van der Waals surface area contributed by atoms with Crippen molar-refractivity contribution in [3.8, 4) is 0 Å². The Bertz CT molecular complexity index is 786. The summed E-state index contributed by atoms with van der Waals surface area (Å²) >= 11 is 5.94. The van der Waals surface area contributed by atoms with Crippen molar-refractivity contribution in [1.29, 1.82) is 0 Å². The molecule has 0 spiro atoms. The number of hydrogen-bond acceptors (Lipinski definition) is 4. The fourth-order valence-corrected chi connectivity index (χ4v) is 2.02. The summed E-state index contributed by atoms with van der Waals surface area (Å²) in [5.74, 6) is -0.959. The summed E-state index contributed by atoms with van der Waals surface area (Å²) in [6.07, 6.45) is 3.32. The molecule has 0 atom stereocenters. The molecule has 0 unspecified atom stereocenters. The molecule has 0 fully saturated rings. The lowest BCUT2D eigenvalue weighted by molar-refractivity contribution is 0.0697. The number of rotatable bonds is 3. The molecule has 0 aliphatic heterocycles. The molecule has 0 bridgehead atoms. The number of aromatic carboxylic acids is 1. The van der Waals surface area contributed by atoms with Gasteiger partial charge in [0, 0.05) is 24.1 Å². The van der Waals surface area contributed by atoms with E-state index in [2.05, 4.69) is 15.4 Å². The standard InChI is InChI=1S/C13H9ClN4O2.ClH/c14-11-7-10(12-15-5-6-18(12)17-11)16-9-3-1-8(2-4-9)13(19)20;/h1-7,16H,(H,19,20);1H. The average Bonchev–Trinajstić information content (AvgIpc) is 2.87. The van der Waals surface area contributed by atoms with Gasteiger partial charge in [-0.05, 0) is 24.3 Å². The van der Waals surface area contributed by atoms with E-state index in [1.165, 1.54) is 12.1 Å². The second-order valence-corrected chi connectivity index (χ2v) is 4.47. The van der Waals surface area contributed by atoms with Gasteiger partial charge in [-0.3, -0.25) is 0 Å². The van der Waals surface area contributed by atoms with Crippen LogP contribution in [0.1, 0.15) is 10.4 Å². The van der Waals surface area contributed by atoms with Crippen molar-refractivity contribution in [2.24, 2.45) is 0 Å². The number of carboxylic acids is 1. The Kier molecular flexibility index (Phi) is 4.30. The molecule has 3 aromatic rings. The maximum absolute atomic E-state index is 10.8. The zero-order chi connectivity index (χ0) is 14.1. The molecule has 2 heterocycles. The number of imidazole rings is 1. The van der Waals surface area contributed by atoms with Crippen LogP contribution in [0.5, 0.6) is 0 Å². The second kappa shape index (κ2) is 5.99. The summed E-state index contributed by atoms with van der Waals surface area (Å²) < 4.78 is 1.57. The number of benzene rings is 1. The predicted molar refractivity (Wildman–Crippen MR) is 81.9 cm³/mol.